The fraction of sp³-hybridized carbons (Fsp3) is 0.167. The third-order valence-corrected chi connectivity index (χ3v) is 2.41. The highest BCUT2D eigenvalue weighted by Gasteiger charge is 2.11. The van der Waals surface area contributed by atoms with E-state index in [2.05, 4.69) is 6.07 Å². The van der Waals surface area contributed by atoms with E-state index in [0.29, 0.717) is 0 Å². The molecule has 2 nitrogen and oxygen atoms in total. The molecule has 0 saturated heterocycles. The first-order chi connectivity index (χ1) is 6.86. The third kappa shape index (κ3) is 1.29. The average Bonchev–Trinajstić information content (AvgIpc) is 2.27. The van der Waals surface area contributed by atoms with Crippen LogP contribution in [0.5, 0.6) is 0 Å². The summed E-state index contributed by atoms with van der Waals surface area (Å²) in [6.45, 7) is 2.86. The summed E-state index contributed by atoms with van der Waals surface area (Å²) in [5, 5.41) is 1.17. The van der Waals surface area contributed by atoms with Crippen LogP contribution in [0.2, 0.25) is 0 Å². The maximum absolute atomic E-state index is 10.8. The van der Waals surface area contributed by atoms with Gasteiger partial charge in [0.25, 0.3) is 0 Å². The van der Waals surface area contributed by atoms with Gasteiger partial charge in [-0.1, -0.05) is 12.1 Å². The van der Waals surface area contributed by atoms with Crippen LogP contribution in [0.15, 0.2) is 36.4 Å². The average molecular weight is 186 g/mol. The number of rotatable bonds is 2. The van der Waals surface area contributed by atoms with E-state index < -0.39 is 0 Å². The Hall–Kier alpha value is -1.70. The van der Waals surface area contributed by atoms with Crippen LogP contribution in [0.4, 0.5) is 0 Å². The standard InChI is InChI=1S/C12H12NO/c1-2-13-11(9-14)8-7-10-5-3-4-6-12(10)13/h3-9H,2H2,1H3/q+1. The predicted molar refractivity (Wildman–Crippen MR) is 55.2 cm³/mol. The van der Waals surface area contributed by atoms with Gasteiger partial charge in [0.2, 0.25) is 17.5 Å². The summed E-state index contributed by atoms with van der Waals surface area (Å²) in [5.41, 5.74) is 1.84. The van der Waals surface area contributed by atoms with Crippen LogP contribution in [0, 0.1) is 0 Å². The van der Waals surface area contributed by atoms with Gasteiger partial charge in [-0.25, -0.2) is 0 Å². The summed E-state index contributed by atoms with van der Waals surface area (Å²) < 4.78 is 2.02. The maximum atomic E-state index is 10.8. The fourth-order valence-electron chi connectivity index (χ4n) is 1.73. The van der Waals surface area contributed by atoms with Crippen molar-refractivity contribution in [3.05, 3.63) is 42.1 Å². The molecule has 2 heteroatoms. The van der Waals surface area contributed by atoms with E-state index in [1.54, 1.807) is 0 Å². The van der Waals surface area contributed by atoms with Gasteiger partial charge in [-0.3, -0.25) is 4.79 Å². The second kappa shape index (κ2) is 3.58. The number of aldehydes is 1. The van der Waals surface area contributed by atoms with Crippen LogP contribution in [0.3, 0.4) is 0 Å². The van der Waals surface area contributed by atoms with Crippen LogP contribution in [0.1, 0.15) is 17.4 Å². The molecule has 14 heavy (non-hydrogen) atoms. The van der Waals surface area contributed by atoms with Gasteiger partial charge in [0.05, 0.1) is 0 Å². The zero-order valence-corrected chi connectivity index (χ0v) is 8.10. The Morgan fingerprint density at radius 1 is 1.21 bits per heavy atom. The van der Waals surface area contributed by atoms with Crippen molar-refractivity contribution >= 4 is 17.2 Å². The lowest BCUT2D eigenvalue weighted by Gasteiger charge is -2.00. The molecular formula is C12H12NO+. The maximum Gasteiger partial charge on any atom is 0.245 e. The minimum Gasteiger partial charge on any atom is -0.291 e. The van der Waals surface area contributed by atoms with Crippen molar-refractivity contribution in [1.29, 1.82) is 0 Å². The molecule has 0 unspecified atom stereocenters. The molecule has 0 aliphatic carbocycles. The Labute approximate surface area is 82.8 Å². The first-order valence-corrected chi connectivity index (χ1v) is 4.73. The molecule has 1 heterocycles. The van der Waals surface area contributed by atoms with Crippen molar-refractivity contribution in [2.24, 2.45) is 0 Å². The van der Waals surface area contributed by atoms with Crippen molar-refractivity contribution in [3.8, 4) is 0 Å². The van der Waals surface area contributed by atoms with E-state index in [0.717, 1.165) is 24.0 Å². The number of para-hydroxylation sites is 1. The van der Waals surface area contributed by atoms with E-state index in [-0.39, 0.29) is 0 Å². The minimum absolute atomic E-state index is 0.728. The highest BCUT2D eigenvalue weighted by atomic mass is 16.1. The quantitative estimate of drug-likeness (QED) is 0.519. The summed E-state index contributed by atoms with van der Waals surface area (Å²) in [4.78, 5) is 10.8. The van der Waals surface area contributed by atoms with Gasteiger partial charge in [0.15, 0.2) is 0 Å². The molecule has 0 radical (unpaired) electrons. The van der Waals surface area contributed by atoms with Crippen LogP contribution >= 0.6 is 0 Å². The van der Waals surface area contributed by atoms with Crippen LogP contribution in [-0.4, -0.2) is 6.29 Å². The zero-order valence-electron chi connectivity index (χ0n) is 8.10. The molecule has 0 bridgehead atoms. The highest BCUT2D eigenvalue weighted by Crippen LogP contribution is 2.09. The topological polar surface area (TPSA) is 20.9 Å². The number of nitrogens with zero attached hydrogens (tertiary/aromatic N) is 1. The second-order valence-electron chi connectivity index (χ2n) is 3.18. The van der Waals surface area contributed by atoms with Crippen LogP contribution in [-0.2, 0) is 6.54 Å². The first-order valence-electron chi connectivity index (χ1n) is 4.73. The lowest BCUT2D eigenvalue weighted by atomic mass is 10.2. The zero-order chi connectivity index (χ0) is 9.97. The largest absolute Gasteiger partial charge is 0.291 e. The Morgan fingerprint density at radius 2 is 2.00 bits per heavy atom. The molecule has 0 atom stereocenters. The lowest BCUT2D eigenvalue weighted by Crippen LogP contribution is -2.37. The SMILES string of the molecule is CC[n+]1c(C=O)ccc2ccccc21. The van der Waals surface area contributed by atoms with Gasteiger partial charge in [0, 0.05) is 17.5 Å². The summed E-state index contributed by atoms with van der Waals surface area (Å²) in [7, 11) is 0. The summed E-state index contributed by atoms with van der Waals surface area (Å²) in [6.07, 6.45) is 0.899. The molecule has 0 spiro atoms. The molecule has 2 rings (SSSR count). The van der Waals surface area contributed by atoms with Crippen LogP contribution < -0.4 is 4.57 Å². The molecule has 70 valence electrons. The number of aryl methyl sites for hydroxylation is 1. The van der Waals surface area contributed by atoms with Gasteiger partial charge in [-0.05, 0) is 19.1 Å². The first kappa shape index (κ1) is 8.88. The minimum atomic E-state index is 0.728. The Bertz CT molecular complexity index is 477. The number of carbonyl (C=O) groups is 1. The van der Waals surface area contributed by atoms with Gasteiger partial charge >= 0.3 is 0 Å². The van der Waals surface area contributed by atoms with Gasteiger partial charge in [-0.15, -0.1) is 0 Å². The Kier molecular flexibility index (Phi) is 2.27. The monoisotopic (exact) mass is 186 g/mol. The van der Waals surface area contributed by atoms with Crippen molar-refractivity contribution < 1.29 is 9.36 Å². The van der Waals surface area contributed by atoms with Crippen molar-refractivity contribution in [2.75, 3.05) is 0 Å². The van der Waals surface area contributed by atoms with Gasteiger partial charge in [0.1, 0.15) is 6.54 Å². The number of fused-ring (bicyclic) bond motifs is 1. The fourth-order valence-corrected chi connectivity index (χ4v) is 1.73. The molecule has 1 aromatic heterocycles. The Balaban J connectivity index is 2.83. The van der Waals surface area contributed by atoms with Crippen molar-refractivity contribution in [1.82, 2.24) is 0 Å². The molecule has 1 aromatic carbocycles. The van der Waals surface area contributed by atoms with Crippen molar-refractivity contribution in [3.63, 3.8) is 0 Å². The van der Waals surface area contributed by atoms with Gasteiger partial charge in [-0.2, -0.15) is 4.57 Å². The van der Waals surface area contributed by atoms with Crippen LogP contribution in [0.25, 0.3) is 10.9 Å². The van der Waals surface area contributed by atoms with E-state index in [4.69, 9.17) is 0 Å². The number of carbonyl (C=O) groups excluding carboxylic acids is 1. The molecule has 0 N–H and O–H groups in total. The normalized spacial score (nSPS) is 10.4. The molecule has 0 aliphatic heterocycles. The number of pyridine rings is 1. The number of hydrogen-bond acceptors (Lipinski definition) is 1. The number of aromatic nitrogens is 1. The van der Waals surface area contributed by atoms with E-state index in [1.807, 2.05) is 41.8 Å². The smallest absolute Gasteiger partial charge is 0.245 e. The Morgan fingerprint density at radius 3 is 2.71 bits per heavy atom. The molecule has 0 aliphatic rings. The third-order valence-electron chi connectivity index (χ3n) is 2.41. The molecule has 0 fully saturated rings. The second-order valence-corrected chi connectivity index (χ2v) is 3.18. The van der Waals surface area contributed by atoms with E-state index in [9.17, 15) is 4.79 Å². The van der Waals surface area contributed by atoms with Gasteiger partial charge < -0.3 is 0 Å². The lowest BCUT2D eigenvalue weighted by molar-refractivity contribution is -0.669. The summed E-state index contributed by atoms with van der Waals surface area (Å²) >= 11 is 0. The molecule has 0 saturated carbocycles. The van der Waals surface area contributed by atoms with Crippen molar-refractivity contribution in [2.45, 2.75) is 13.5 Å². The summed E-state index contributed by atoms with van der Waals surface area (Å²) in [5.74, 6) is 0. The molecule has 2 aromatic rings. The number of benzene rings is 1. The molecule has 0 amide bonds. The predicted octanol–water partition coefficient (Wildman–Crippen LogP) is 1.96. The number of hydrogen-bond donors (Lipinski definition) is 0. The molecular weight excluding hydrogens is 174 g/mol. The van der Waals surface area contributed by atoms with E-state index in [1.165, 1.54) is 5.39 Å². The van der Waals surface area contributed by atoms with E-state index >= 15 is 0 Å². The summed E-state index contributed by atoms with van der Waals surface area (Å²) in [6, 6.07) is 11.9. The highest BCUT2D eigenvalue weighted by molar-refractivity contribution is 5.79.